The molecule has 0 saturated carbocycles. The molecule has 0 bridgehead atoms. The molecule has 0 aliphatic rings. The van der Waals surface area contributed by atoms with Crippen LogP contribution in [0.25, 0.3) is 0 Å². The van der Waals surface area contributed by atoms with Crippen molar-refractivity contribution >= 4 is 39.1 Å². The van der Waals surface area contributed by atoms with E-state index in [1.807, 2.05) is 19.1 Å². The molecule has 0 fully saturated rings. The number of hydrogen-bond acceptors (Lipinski definition) is 3. The van der Waals surface area contributed by atoms with Gasteiger partial charge in [0.25, 0.3) is 5.91 Å². The predicted octanol–water partition coefficient (Wildman–Crippen LogP) is 4.44. The van der Waals surface area contributed by atoms with Gasteiger partial charge >= 0.3 is 0 Å². The smallest absolute Gasteiger partial charge is 0.262 e. The van der Waals surface area contributed by atoms with E-state index in [0.29, 0.717) is 22.2 Å². The fraction of sp³-hybridized carbons (Fsp3) is 0.188. The standard InChI is InChI=1S/C16H15BrClNO3/c1-10-7-14(15(21-2)8-13(10)18)19-16(20)9-22-12-5-3-11(17)4-6-12/h3-8H,9H2,1-2H3,(H,19,20). The van der Waals surface area contributed by atoms with Crippen molar-refractivity contribution in [2.24, 2.45) is 0 Å². The van der Waals surface area contributed by atoms with E-state index in [-0.39, 0.29) is 12.5 Å². The lowest BCUT2D eigenvalue weighted by Crippen LogP contribution is -2.20. The van der Waals surface area contributed by atoms with E-state index in [1.165, 1.54) is 7.11 Å². The lowest BCUT2D eigenvalue weighted by molar-refractivity contribution is -0.118. The first kappa shape index (κ1) is 16.6. The largest absolute Gasteiger partial charge is 0.495 e. The maximum absolute atomic E-state index is 12.0. The van der Waals surface area contributed by atoms with Crippen molar-refractivity contribution < 1.29 is 14.3 Å². The Morgan fingerprint density at radius 2 is 1.95 bits per heavy atom. The molecule has 0 heterocycles. The van der Waals surface area contributed by atoms with Crippen molar-refractivity contribution in [1.82, 2.24) is 0 Å². The van der Waals surface area contributed by atoms with Crippen LogP contribution in [0.5, 0.6) is 11.5 Å². The van der Waals surface area contributed by atoms with E-state index < -0.39 is 0 Å². The molecule has 0 unspecified atom stereocenters. The summed E-state index contributed by atoms with van der Waals surface area (Å²) in [6.45, 7) is 1.77. The second-order valence-corrected chi connectivity index (χ2v) is 5.92. The average molecular weight is 385 g/mol. The van der Waals surface area contributed by atoms with E-state index in [9.17, 15) is 4.79 Å². The molecule has 2 rings (SSSR count). The van der Waals surface area contributed by atoms with Crippen LogP contribution >= 0.6 is 27.5 Å². The fourth-order valence-electron chi connectivity index (χ4n) is 1.80. The van der Waals surface area contributed by atoms with Crippen molar-refractivity contribution in [2.45, 2.75) is 6.92 Å². The van der Waals surface area contributed by atoms with Crippen LogP contribution < -0.4 is 14.8 Å². The molecule has 6 heteroatoms. The first-order chi connectivity index (χ1) is 10.5. The molecular weight excluding hydrogens is 370 g/mol. The topological polar surface area (TPSA) is 47.6 Å². The number of halogens is 2. The first-order valence-electron chi connectivity index (χ1n) is 6.52. The maximum Gasteiger partial charge on any atom is 0.262 e. The van der Waals surface area contributed by atoms with Crippen molar-refractivity contribution in [3.8, 4) is 11.5 Å². The van der Waals surface area contributed by atoms with E-state index in [0.717, 1.165) is 10.0 Å². The number of hydrogen-bond donors (Lipinski definition) is 1. The molecule has 0 radical (unpaired) electrons. The van der Waals surface area contributed by atoms with Gasteiger partial charge in [0.2, 0.25) is 0 Å². The van der Waals surface area contributed by atoms with Gasteiger partial charge in [-0.2, -0.15) is 0 Å². The monoisotopic (exact) mass is 383 g/mol. The van der Waals surface area contributed by atoms with Gasteiger partial charge in [-0.05, 0) is 42.8 Å². The van der Waals surface area contributed by atoms with Gasteiger partial charge in [-0.3, -0.25) is 4.79 Å². The van der Waals surface area contributed by atoms with Crippen molar-refractivity contribution in [2.75, 3.05) is 19.0 Å². The number of carbonyl (C=O) groups is 1. The number of methoxy groups -OCH3 is 1. The lowest BCUT2D eigenvalue weighted by Gasteiger charge is -2.12. The Balaban J connectivity index is 2.00. The van der Waals surface area contributed by atoms with Gasteiger partial charge in [-0.1, -0.05) is 27.5 Å². The third-order valence-electron chi connectivity index (χ3n) is 2.94. The summed E-state index contributed by atoms with van der Waals surface area (Å²) in [7, 11) is 1.52. The molecule has 1 N–H and O–H groups in total. The minimum absolute atomic E-state index is 0.0908. The highest BCUT2D eigenvalue weighted by molar-refractivity contribution is 9.10. The molecule has 22 heavy (non-hydrogen) atoms. The highest BCUT2D eigenvalue weighted by Gasteiger charge is 2.11. The van der Waals surface area contributed by atoms with E-state index in [2.05, 4.69) is 21.2 Å². The first-order valence-corrected chi connectivity index (χ1v) is 7.69. The quantitative estimate of drug-likeness (QED) is 0.829. The molecule has 0 aliphatic carbocycles. The molecule has 2 aromatic carbocycles. The molecule has 0 aliphatic heterocycles. The summed E-state index contributed by atoms with van der Waals surface area (Å²) in [4.78, 5) is 12.0. The van der Waals surface area contributed by atoms with Crippen molar-refractivity contribution in [3.63, 3.8) is 0 Å². The van der Waals surface area contributed by atoms with E-state index in [4.69, 9.17) is 21.1 Å². The summed E-state index contributed by atoms with van der Waals surface area (Å²) in [5.41, 5.74) is 1.42. The van der Waals surface area contributed by atoms with Crippen LogP contribution in [0, 0.1) is 6.92 Å². The van der Waals surface area contributed by atoms with Crippen molar-refractivity contribution in [3.05, 3.63) is 51.5 Å². The molecule has 0 atom stereocenters. The van der Waals surface area contributed by atoms with Gasteiger partial charge in [-0.25, -0.2) is 0 Å². The molecule has 0 saturated heterocycles. The van der Waals surface area contributed by atoms with Crippen LogP contribution in [0.4, 0.5) is 5.69 Å². The number of rotatable bonds is 5. The molecule has 116 valence electrons. The van der Waals surface area contributed by atoms with Crippen LogP contribution in [-0.2, 0) is 4.79 Å². The number of ether oxygens (including phenoxy) is 2. The Morgan fingerprint density at radius 3 is 2.59 bits per heavy atom. The second-order valence-electron chi connectivity index (χ2n) is 4.59. The van der Waals surface area contributed by atoms with Gasteiger partial charge in [0.1, 0.15) is 11.5 Å². The normalized spacial score (nSPS) is 10.2. The van der Waals surface area contributed by atoms with Crippen LogP contribution in [0.15, 0.2) is 40.9 Å². The van der Waals surface area contributed by atoms with Gasteiger partial charge in [-0.15, -0.1) is 0 Å². The van der Waals surface area contributed by atoms with Gasteiger partial charge in [0.15, 0.2) is 6.61 Å². The number of carbonyl (C=O) groups excluding carboxylic acids is 1. The zero-order chi connectivity index (χ0) is 16.1. The Labute approximate surface area is 142 Å². The summed E-state index contributed by atoms with van der Waals surface area (Å²) in [6.07, 6.45) is 0. The number of anilines is 1. The molecule has 1 amide bonds. The average Bonchev–Trinajstić information content (AvgIpc) is 2.50. The minimum atomic E-state index is -0.275. The summed E-state index contributed by atoms with van der Waals surface area (Å²) in [5.74, 6) is 0.855. The van der Waals surface area contributed by atoms with Gasteiger partial charge in [0.05, 0.1) is 12.8 Å². The summed E-state index contributed by atoms with van der Waals surface area (Å²) in [6, 6.07) is 10.7. The fourth-order valence-corrected chi connectivity index (χ4v) is 2.21. The Bertz CT molecular complexity index is 674. The van der Waals surface area contributed by atoms with E-state index >= 15 is 0 Å². The van der Waals surface area contributed by atoms with E-state index in [1.54, 1.807) is 24.3 Å². The molecule has 4 nitrogen and oxygen atoms in total. The van der Waals surface area contributed by atoms with Crippen LogP contribution in [0.1, 0.15) is 5.56 Å². The Kier molecular flexibility index (Phi) is 5.69. The highest BCUT2D eigenvalue weighted by Crippen LogP contribution is 2.30. The molecular formula is C16H15BrClNO3. The van der Waals surface area contributed by atoms with Gasteiger partial charge < -0.3 is 14.8 Å². The molecule has 0 aromatic heterocycles. The second kappa shape index (κ2) is 7.51. The minimum Gasteiger partial charge on any atom is -0.495 e. The lowest BCUT2D eigenvalue weighted by atomic mass is 10.2. The van der Waals surface area contributed by atoms with Crippen LogP contribution in [0.2, 0.25) is 5.02 Å². The Hall–Kier alpha value is -1.72. The zero-order valence-electron chi connectivity index (χ0n) is 12.2. The zero-order valence-corrected chi connectivity index (χ0v) is 14.5. The number of amides is 1. The third-order valence-corrected chi connectivity index (χ3v) is 3.87. The maximum atomic E-state index is 12.0. The summed E-state index contributed by atoms with van der Waals surface area (Å²) in [5, 5.41) is 3.34. The number of benzene rings is 2. The SMILES string of the molecule is COc1cc(Cl)c(C)cc1NC(=O)COc1ccc(Br)cc1. The summed E-state index contributed by atoms with van der Waals surface area (Å²) >= 11 is 9.37. The van der Waals surface area contributed by atoms with Crippen LogP contribution in [-0.4, -0.2) is 19.6 Å². The number of aryl methyl sites for hydroxylation is 1. The Morgan fingerprint density at radius 1 is 1.27 bits per heavy atom. The molecule has 0 spiro atoms. The van der Waals surface area contributed by atoms with Crippen LogP contribution in [0.3, 0.4) is 0 Å². The predicted molar refractivity (Wildman–Crippen MR) is 91.0 cm³/mol. The third kappa shape index (κ3) is 4.39. The summed E-state index contributed by atoms with van der Waals surface area (Å²) < 4.78 is 11.6. The van der Waals surface area contributed by atoms with Crippen molar-refractivity contribution in [1.29, 1.82) is 0 Å². The van der Waals surface area contributed by atoms with Gasteiger partial charge in [0, 0.05) is 15.6 Å². The molecule has 2 aromatic rings. The number of nitrogens with one attached hydrogen (secondary N) is 1. The highest BCUT2D eigenvalue weighted by atomic mass is 79.9.